The molecule has 0 aromatic heterocycles. The summed E-state index contributed by atoms with van der Waals surface area (Å²) in [4.78, 5) is 0.787. The van der Waals surface area contributed by atoms with Gasteiger partial charge in [0.1, 0.15) is 0 Å². The van der Waals surface area contributed by atoms with Crippen LogP contribution in [0.1, 0.15) is 5.56 Å². The molecule has 0 aliphatic heterocycles. The predicted molar refractivity (Wildman–Crippen MR) is 81.5 cm³/mol. The van der Waals surface area contributed by atoms with E-state index < -0.39 is 9.73 Å². The highest BCUT2D eigenvalue weighted by molar-refractivity contribution is 7.93. The Labute approximate surface area is 115 Å². The van der Waals surface area contributed by atoms with Crippen LogP contribution in [0.3, 0.4) is 0 Å². The van der Waals surface area contributed by atoms with Gasteiger partial charge in [-0.05, 0) is 17.7 Å². The van der Waals surface area contributed by atoms with E-state index in [1.54, 1.807) is 7.05 Å². The average molecular weight is 271 g/mol. The van der Waals surface area contributed by atoms with Gasteiger partial charge in [-0.25, -0.2) is 8.57 Å². The molecule has 0 aliphatic carbocycles. The molecule has 0 heterocycles. The summed E-state index contributed by atoms with van der Waals surface area (Å²) in [7, 11) is -0.721. The summed E-state index contributed by atoms with van der Waals surface area (Å²) >= 11 is 0. The van der Waals surface area contributed by atoms with Gasteiger partial charge in [-0.1, -0.05) is 60.7 Å². The van der Waals surface area contributed by atoms with Crippen LogP contribution in [0.4, 0.5) is 0 Å². The van der Waals surface area contributed by atoms with Crippen molar-refractivity contribution in [3.05, 3.63) is 72.3 Å². The third kappa shape index (κ3) is 3.55. The third-order valence-corrected chi connectivity index (χ3v) is 5.08. The van der Waals surface area contributed by atoms with Crippen molar-refractivity contribution in [3.63, 3.8) is 0 Å². The zero-order valence-electron chi connectivity index (χ0n) is 10.9. The Balaban J connectivity index is 2.18. The Morgan fingerprint density at radius 3 is 2.16 bits per heavy atom. The standard InChI is InChI=1S/C16H17NOS/c1-17-19(18,16-12-6-3-7-13-16)14-8-11-15-9-4-2-5-10-15/h2-13H,14H2,1H3/b11-8+/t19-/m0/s1. The molecule has 2 aromatic carbocycles. The number of hydrogen-bond acceptors (Lipinski definition) is 2. The Kier molecular flexibility index (Phi) is 4.53. The van der Waals surface area contributed by atoms with Gasteiger partial charge in [0.15, 0.2) is 0 Å². The summed E-state index contributed by atoms with van der Waals surface area (Å²) in [5, 5.41) is 0. The first kappa shape index (κ1) is 13.6. The van der Waals surface area contributed by atoms with E-state index in [4.69, 9.17) is 0 Å². The van der Waals surface area contributed by atoms with Gasteiger partial charge in [-0.3, -0.25) is 0 Å². The highest BCUT2D eigenvalue weighted by Crippen LogP contribution is 2.14. The van der Waals surface area contributed by atoms with Crippen LogP contribution in [0.15, 0.2) is 76.0 Å². The molecule has 2 nitrogen and oxygen atoms in total. The first-order valence-electron chi connectivity index (χ1n) is 6.14. The molecule has 0 amide bonds. The molecular formula is C16H17NOS. The fraction of sp³-hybridized carbons (Fsp3) is 0.125. The topological polar surface area (TPSA) is 29.4 Å². The second-order valence-corrected chi connectivity index (χ2v) is 6.57. The van der Waals surface area contributed by atoms with Gasteiger partial charge < -0.3 is 0 Å². The maximum Gasteiger partial charge on any atom is 0.0785 e. The molecule has 0 bridgehead atoms. The van der Waals surface area contributed by atoms with Crippen LogP contribution >= 0.6 is 0 Å². The molecular weight excluding hydrogens is 254 g/mol. The third-order valence-electron chi connectivity index (χ3n) is 2.84. The van der Waals surface area contributed by atoms with Crippen molar-refractivity contribution in [2.24, 2.45) is 4.36 Å². The normalized spacial score (nSPS) is 14.2. The monoisotopic (exact) mass is 271 g/mol. The molecule has 0 saturated carbocycles. The zero-order chi connectivity index (χ0) is 13.6. The number of benzene rings is 2. The van der Waals surface area contributed by atoms with Crippen molar-refractivity contribution in [1.29, 1.82) is 0 Å². The maximum absolute atomic E-state index is 12.7. The van der Waals surface area contributed by atoms with Crippen molar-refractivity contribution in [3.8, 4) is 0 Å². The molecule has 19 heavy (non-hydrogen) atoms. The Bertz CT molecular complexity index is 654. The highest BCUT2D eigenvalue weighted by Gasteiger charge is 2.08. The van der Waals surface area contributed by atoms with Crippen molar-refractivity contribution in [1.82, 2.24) is 0 Å². The van der Waals surface area contributed by atoms with Crippen molar-refractivity contribution in [2.45, 2.75) is 4.90 Å². The molecule has 3 heteroatoms. The lowest BCUT2D eigenvalue weighted by molar-refractivity contribution is 0.678. The molecule has 1 atom stereocenters. The Hall–Kier alpha value is -1.87. The van der Waals surface area contributed by atoms with Crippen LogP contribution in [0.25, 0.3) is 6.08 Å². The minimum atomic E-state index is -2.34. The molecule has 0 spiro atoms. The lowest BCUT2D eigenvalue weighted by Gasteiger charge is -2.06. The summed E-state index contributed by atoms with van der Waals surface area (Å²) in [6.07, 6.45) is 3.91. The van der Waals surface area contributed by atoms with Gasteiger partial charge in [-0.2, -0.15) is 0 Å². The van der Waals surface area contributed by atoms with Crippen LogP contribution in [0, 0.1) is 0 Å². The summed E-state index contributed by atoms with van der Waals surface area (Å²) in [6.45, 7) is 0. The molecule has 0 radical (unpaired) electrons. The first-order valence-corrected chi connectivity index (χ1v) is 7.82. The minimum absolute atomic E-state index is 0.433. The van der Waals surface area contributed by atoms with Gasteiger partial charge in [0, 0.05) is 11.9 Å². The maximum atomic E-state index is 12.7. The quantitative estimate of drug-likeness (QED) is 0.830. The van der Waals surface area contributed by atoms with E-state index in [1.165, 1.54) is 0 Å². The fourth-order valence-corrected chi connectivity index (χ4v) is 3.28. The molecule has 0 fully saturated rings. The highest BCUT2D eigenvalue weighted by atomic mass is 32.2. The molecule has 98 valence electrons. The van der Waals surface area contributed by atoms with Crippen LogP contribution < -0.4 is 0 Å². The molecule has 0 saturated heterocycles. The fourth-order valence-electron chi connectivity index (χ4n) is 1.79. The van der Waals surface area contributed by atoms with E-state index >= 15 is 0 Å². The minimum Gasteiger partial charge on any atom is -0.244 e. The van der Waals surface area contributed by atoms with E-state index in [-0.39, 0.29) is 0 Å². The Morgan fingerprint density at radius 2 is 1.58 bits per heavy atom. The molecule has 0 aliphatic rings. The van der Waals surface area contributed by atoms with E-state index in [0.717, 1.165) is 10.5 Å². The van der Waals surface area contributed by atoms with Crippen LogP contribution in [0.2, 0.25) is 0 Å². The number of nitrogens with zero attached hydrogens (tertiary/aromatic N) is 1. The van der Waals surface area contributed by atoms with Gasteiger partial charge in [0.2, 0.25) is 0 Å². The SMILES string of the molecule is CN=[S@](=O)(C/C=C/c1ccccc1)c1ccccc1. The smallest absolute Gasteiger partial charge is 0.0785 e. The molecule has 0 N–H and O–H groups in total. The Morgan fingerprint density at radius 1 is 1.00 bits per heavy atom. The van der Waals surface area contributed by atoms with Crippen LogP contribution in [-0.4, -0.2) is 17.0 Å². The number of rotatable bonds is 4. The van der Waals surface area contributed by atoms with E-state index in [2.05, 4.69) is 4.36 Å². The second kappa shape index (κ2) is 6.34. The lowest BCUT2D eigenvalue weighted by Crippen LogP contribution is -2.04. The van der Waals surface area contributed by atoms with Gasteiger partial charge in [-0.15, -0.1) is 0 Å². The predicted octanol–water partition coefficient (Wildman–Crippen LogP) is 3.86. The molecule has 2 aromatic rings. The summed E-state index contributed by atoms with van der Waals surface area (Å²) < 4.78 is 16.8. The van der Waals surface area contributed by atoms with Gasteiger partial charge in [0.05, 0.1) is 15.5 Å². The van der Waals surface area contributed by atoms with Crippen LogP contribution in [0.5, 0.6) is 0 Å². The van der Waals surface area contributed by atoms with Crippen molar-refractivity contribution in [2.75, 3.05) is 12.8 Å². The second-order valence-electron chi connectivity index (χ2n) is 4.12. The lowest BCUT2D eigenvalue weighted by atomic mass is 10.2. The number of hydrogen-bond donors (Lipinski definition) is 0. The van der Waals surface area contributed by atoms with Crippen molar-refractivity contribution < 1.29 is 4.21 Å². The molecule has 2 rings (SSSR count). The van der Waals surface area contributed by atoms with Crippen LogP contribution in [-0.2, 0) is 9.73 Å². The summed E-state index contributed by atoms with van der Waals surface area (Å²) in [6, 6.07) is 19.4. The molecule has 0 unspecified atom stereocenters. The zero-order valence-corrected chi connectivity index (χ0v) is 11.7. The first-order chi connectivity index (χ1) is 9.24. The summed E-state index contributed by atoms with van der Waals surface area (Å²) in [5.74, 6) is 0.433. The van der Waals surface area contributed by atoms with E-state index in [0.29, 0.717) is 5.75 Å². The van der Waals surface area contributed by atoms with Gasteiger partial charge >= 0.3 is 0 Å². The average Bonchev–Trinajstić information content (AvgIpc) is 2.49. The van der Waals surface area contributed by atoms with Crippen molar-refractivity contribution >= 4 is 15.8 Å². The van der Waals surface area contributed by atoms with Gasteiger partial charge in [0.25, 0.3) is 0 Å². The largest absolute Gasteiger partial charge is 0.244 e. The van der Waals surface area contributed by atoms with E-state index in [9.17, 15) is 4.21 Å². The van der Waals surface area contributed by atoms with E-state index in [1.807, 2.05) is 72.8 Å². The summed E-state index contributed by atoms with van der Waals surface area (Å²) in [5.41, 5.74) is 1.11.